The van der Waals surface area contributed by atoms with Gasteiger partial charge in [0.15, 0.2) is 0 Å². The predicted molar refractivity (Wildman–Crippen MR) is 53.1 cm³/mol. The van der Waals surface area contributed by atoms with Crippen molar-refractivity contribution in [2.75, 3.05) is 6.61 Å². The SMILES string of the molecule is NC(=O)C1CCCOc2ccccc21. The summed E-state index contributed by atoms with van der Waals surface area (Å²) in [5, 5.41) is 0. The lowest BCUT2D eigenvalue weighted by molar-refractivity contribution is -0.119. The molecule has 1 aromatic carbocycles. The van der Waals surface area contributed by atoms with Crippen LogP contribution in [0.5, 0.6) is 5.75 Å². The topological polar surface area (TPSA) is 52.3 Å². The second-order valence-corrected chi connectivity index (χ2v) is 3.48. The third-order valence-corrected chi connectivity index (χ3v) is 2.53. The van der Waals surface area contributed by atoms with Crippen molar-refractivity contribution in [3.05, 3.63) is 29.8 Å². The zero-order valence-electron chi connectivity index (χ0n) is 7.90. The molecule has 0 saturated carbocycles. The zero-order chi connectivity index (χ0) is 9.97. The molecule has 1 unspecified atom stereocenters. The Morgan fingerprint density at radius 3 is 3.00 bits per heavy atom. The molecule has 1 heterocycles. The molecule has 0 aliphatic carbocycles. The highest BCUT2D eigenvalue weighted by Gasteiger charge is 2.23. The summed E-state index contributed by atoms with van der Waals surface area (Å²) in [5.41, 5.74) is 6.29. The van der Waals surface area contributed by atoms with Crippen molar-refractivity contribution >= 4 is 5.91 Å². The molecule has 74 valence electrons. The molecule has 0 saturated heterocycles. The zero-order valence-corrected chi connectivity index (χ0v) is 7.90. The number of amides is 1. The number of para-hydroxylation sites is 1. The van der Waals surface area contributed by atoms with Crippen molar-refractivity contribution in [2.24, 2.45) is 5.73 Å². The molecule has 0 bridgehead atoms. The van der Waals surface area contributed by atoms with Gasteiger partial charge in [0.1, 0.15) is 5.75 Å². The van der Waals surface area contributed by atoms with Gasteiger partial charge in [-0.1, -0.05) is 18.2 Å². The van der Waals surface area contributed by atoms with E-state index in [1.54, 1.807) is 0 Å². The van der Waals surface area contributed by atoms with Crippen LogP contribution < -0.4 is 10.5 Å². The molecular weight excluding hydrogens is 178 g/mol. The normalized spacial score (nSPS) is 20.4. The molecule has 1 aliphatic rings. The van der Waals surface area contributed by atoms with Gasteiger partial charge in [0.25, 0.3) is 0 Å². The monoisotopic (exact) mass is 191 g/mol. The summed E-state index contributed by atoms with van der Waals surface area (Å²) < 4.78 is 5.52. The number of hydrogen-bond acceptors (Lipinski definition) is 2. The van der Waals surface area contributed by atoms with E-state index < -0.39 is 0 Å². The highest BCUT2D eigenvalue weighted by molar-refractivity contribution is 5.82. The first-order valence-corrected chi connectivity index (χ1v) is 4.80. The van der Waals surface area contributed by atoms with Crippen molar-refractivity contribution < 1.29 is 9.53 Å². The molecular formula is C11H13NO2. The second-order valence-electron chi connectivity index (χ2n) is 3.48. The molecule has 14 heavy (non-hydrogen) atoms. The molecule has 3 nitrogen and oxygen atoms in total. The number of hydrogen-bond donors (Lipinski definition) is 1. The van der Waals surface area contributed by atoms with E-state index in [0.717, 1.165) is 24.2 Å². The van der Waals surface area contributed by atoms with E-state index in [9.17, 15) is 4.79 Å². The average molecular weight is 191 g/mol. The Labute approximate surface area is 82.9 Å². The summed E-state index contributed by atoms with van der Waals surface area (Å²) in [4.78, 5) is 11.2. The molecule has 1 atom stereocenters. The summed E-state index contributed by atoms with van der Waals surface area (Å²) in [7, 11) is 0. The number of carbonyl (C=O) groups is 1. The molecule has 3 heteroatoms. The Morgan fingerprint density at radius 2 is 2.21 bits per heavy atom. The summed E-state index contributed by atoms with van der Waals surface area (Å²) in [5.74, 6) is 0.352. The number of nitrogens with two attached hydrogens (primary N) is 1. The number of rotatable bonds is 1. The second kappa shape index (κ2) is 3.70. The van der Waals surface area contributed by atoms with Crippen LogP contribution in [-0.4, -0.2) is 12.5 Å². The van der Waals surface area contributed by atoms with Crippen LogP contribution in [0.3, 0.4) is 0 Å². The molecule has 2 N–H and O–H groups in total. The van der Waals surface area contributed by atoms with E-state index in [0.29, 0.717) is 6.61 Å². The van der Waals surface area contributed by atoms with Gasteiger partial charge >= 0.3 is 0 Å². The molecule has 1 aromatic rings. The van der Waals surface area contributed by atoms with Crippen molar-refractivity contribution in [3.8, 4) is 5.75 Å². The smallest absolute Gasteiger partial charge is 0.225 e. The predicted octanol–water partition coefficient (Wildman–Crippen LogP) is 1.43. The molecule has 1 aliphatic heterocycles. The highest BCUT2D eigenvalue weighted by Crippen LogP contribution is 2.32. The first kappa shape index (κ1) is 9.06. The van der Waals surface area contributed by atoms with Gasteiger partial charge in [-0.15, -0.1) is 0 Å². The maximum atomic E-state index is 11.2. The summed E-state index contributed by atoms with van der Waals surface area (Å²) in [6, 6.07) is 7.61. The number of fused-ring (bicyclic) bond motifs is 1. The minimum absolute atomic E-state index is 0.186. The van der Waals surface area contributed by atoms with Crippen LogP contribution in [0.4, 0.5) is 0 Å². The van der Waals surface area contributed by atoms with Crippen molar-refractivity contribution in [3.63, 3.8) is 0 Å². The fourth-order valence-electron chi connectivity index (χ4n) is 1.82. The minimum atomic E-state index is -0.261. The quantitative estimate of drug-likeness (QED) is 0.730. The molecule has 2 rings (SSSR count). The van der Waals surface area contributed by atoms with E-state index in [1.165, 1.54) is 0 Å². The number of ether oxygens (including phenoxy) is 1. The molecule has 0 spiro atoms. The van der Waals surface area contributed by atoms with Crippen LogP contribution >= 0.6 is 0 Å². The third kappa shape index (κ3) is 1.58. The van der Waals surface area contributed by atoms with Crippen molar-refractivity contribution in [1.82, 2.24) is 0 Å². The van der Waals surface area contributed by atoms with Crippen LogP contribution in [0.2, 0.25) is 0 Å². The Hall–Kier alpha value is -1.51. The Balaban J connectivity index is 2.42. The fourth-order valence-corrected chi connectivity index (χ4v) is 1.82. The lowest BCUT2D eigenvalue weighted by Gasteiger charge is -2.12. The number of benzene rings is 1. The molecule has 0 radical (unpaired) electrons. The van der Waals surface area contributed by atoms with E-state index in [1.807, 2.05) is 24.3 Å². The minimum Gasteiger partial charge on any atom is -0.493 e. The van der Waals surface area contributed by atoms with Gasteiger partial charge in [0.05, 0.1) is 12.5 Å². The Kier molecular flexibility index (Phi) is 2.39. The van der Waals surface area contributed by atoms with E-state index in [2.05, 4.69) is 0 Å². The largest absolute Gasteiger partial charge is 0.493 e. The first-order chi connectivity index (χ1) is 6.79. The first-order valence-electron chi connectivity index (χ1n) is 4.80. The summed E-state index contributed by atoms with van der Waals surface area (Å²) >= 11 is 0. The van der Waals surface area contributed by atoms with Crippen LogP contribution in [0.1, 0.15) is 24.3 Å². The maximum absolute atomic E-state index is 11.2. The van der Waals surface area contributed by atoms with Gasteiger partial charge in [0, 0.05) is 5.56 Å². The van der Waals surface area contributed by atoms with Crippen molar-refractivity contribution in [2.45, 2.75) is 18.8 Å². The highest BCUT2D eigenvalue weighted by atomic mass is 16.5. The molecule has 0 aromatic heterocycles. The number of carbonyl (C=O) groups excluding carboxylic acids is 1. The maximum Gasteiger partial charge on any atom is 0.225 e. The van der Waals surface area contributed by atoms with Gasteiger partial charge in [-0.25, -0.2) is 0 Å². The lowest BCUT2D eigenvalue weighted by Crippen LogP contribution is -2.20. The number of primary amides is 1. The summed E-state index contributed by atoms with van der Waals surface area (Å²) in [6.45, 7) is 0.667. The van der Waals surface area contributed by atoms with Gasteiger partial charge in [-0.05, 0) is 18.9 Å². The average Bonchev–Trinajstić information content (AvgIpc) is 2.39. The van der Waals surface area contributed by atoms with Gasteiger partial charge in [-0.3, -0.25) is 4.79 Å². The summed E-state index contributed by atoms with van der Waals surface area (Å²) in [6.07, 6.45) is 1.66. The Morgan fingerprint density at radius 1 is 1.43 bits per heavy atom. The van der Waals surface area contributed by atoms with Crippen LogP contribution in [-0.2, 0) is 4.79 Å². The standard InChI is InChI=1S/C11H13NO2/c12-11(13)9-5-3-7-14-10-6-2-1-4-8(9)10/h1-2,4,6,9H,3,5,7H2,(H2,12,13). The third-order valence-electron chi connectivity index (χ3n) is 2.53. The van der Waals surface area contributed by atoms with E-state index in [-0.39, 0.29) is 11.8 Å². The van der Waals surface area contributed by atoms with Crippen LogP contribution in [0.15, 0.2) is 24.3 Å². The van der Waals surface area contributed by atoms with Gasteiger partial charge < -0.3 is 10.5 Å². The fraction of sp³-hybridized carbons (Fsp3) is 0.364. The lowest BCUT2D eigenvalue weighted by atomic mass is 9.94. The van der Waals surface area contributed by atoms with Crippen LogP contribution in [0.25, 0.3) is 0 Å². The van der Waals surface area contributed by atoms with Crippen molar-refractivity contribution in [1.29, 1.82) is 0 Å². The molecule has 0 fully saturated rings. The molecule has 1 amide bonds. The Bertz CT molecular complexity index is 349. The van der Waals surface area contributed by atoms with Gasteiger partial charge in [0.2, 0.25) is 5.91 Å². The van der Waals surface area contributed by atoms with E-state index in [4.69, 9.17) is 10.5 Å². The van der Waals surface area contributed by atoms with Crippen LogP contribution in [0, 0.1) is 0 Å². The van der Waals surface area contributed by atoms with Gasteiger partial charge in [-0.2, -0.15) is 0 Å². The van der Waals surface area contributed by atoms with E-state index >= 15 is 0 Å².